The predicted molar refractivity (Wildman–Crippen MR) is 145 cm³/mol. The zero-order valence-electron chi connectivity index (χ0n) is 19.3. The van der Waals surface area contributed by atoms with Crippen LogP contribution in [0.4, 0.5) is 5.82 Å². The summed E-state index contributed by atoms with van der Waals surface area (Å²) in [5.74, 6) is 3.14. The van der Waals surface area contributed by atoms with Crippen LogP contribution in [-0.2, 0) is 6.42 Å². The van der Waals surface area contributed by atoms with E-state index < -0.39 is 0 Å². The third kappa shape index (κ3) is 6.32. The normalized spacial score (nSPS) is 16.6. The van der Waals surface area contributed by atoms with Gasteiger partial charge in [-0.05, 0) is 37.8 Å². The molecule has 7 nitrogen and oxygen atoms in total. The summed E-state index contributed by atoms with van der Waals surface area (Å²) in [4.78, 5) is 6.83. The number of nitrogens with one attached hydrogen (secondary N) is 1. The molecule has 0 aliphatic carbocycles. The van der Waals surface area contributed by atoms with Crippen molar-refractivity contribution < 1.29 is 0 Å². The zero-order valence-corrected chi connectivity index (χ0v) is 22.5. The Morgan fingerprint density at radius 2 is 2.09 bits per heavy atom. The fraction of sp³-hybridized carbons (Fsp3) is 0.522. The molecule has 2 aromatic rings. The molecular weight excluding hydrogens is 533 g/mol. The summed E-state index contributed by atoms with van der Waals surface area (Å²) in [6, 6.07) is 10.2. The minimum atomic E-state index is 0. The van der Waals surface area contributed by atoms with Gasteiger partial charge < -0.3 is 16.0 Å². The second-order valence-electron chi connectivity index (χ2n) is 8.24. The summed E-state index contributed by atoms with van der Waals surface area (Å²) < 4.78 is 1.66. The summed E-state index contributed by atoms with van der Waals surface area (Å²) in [6.07, 6.45) is 1.52. The third-order valence-corrected chi connectivity index (χ3v) is 7.15. The summed E-state index contributed by atoms with van der Waals surface area (Å²) in [7, 11) is 1.84. The first-order chi connectivity index (χ1) is 14.9. The fourth-order valence-electron chi connectivity index (χ4n) is 3.72. The zero-order chi connectivity index (χ0) is 22.4. The number of aliphatic imine (C=N–C) groups is 1. The SMILES string of the molecule is CN=C(NCCCc1nn(-c2ccc(C)cc2)c(N)c1C#N)N1CCSC(C(C)C)C1.I. The van der Waals surface area contributed by atoms with Gasteiger partial charge in [0.25, 0.3) is 0 Å². The highest BCUT2D eigenvalue weighted by atomic mass is 127. The quantitative estimate of drug-likeness (QED) is 0.239. The van der Waals surface area contributed by atoms with Gasteiger partial charge in [0.15, 0.2) is 5.96 Å². The van der Waals surface area contributed by atoms with Crippen LogP contribution in [0.1, 0.15) is 37.1 Å². The molecule has 1 saturated heterocycles. The first-order valence-electron chi connectivity index (χ1n) is 10.9. The van der Waals surface area contributed by atoms with E-state index in [9.17, 15) is 5.26 Å². The Balaban J connectivity index is 0.00000363. The van der Waals surface area contributed by atoms with Gasteiger partial charge in [-0.2, -0.15) is 22.1 Å². The summed E-state index contributed by atoms with van der Waals surface area (Å²) in [6.45, 7) is 9.42. The number of nitrogens with two attached hydrogens (primary N) is 1. The average molecular weight is 568 g/mol. The third-order valence-electron chi connectivity index (χ3n) is 5.61. The molecule has 1 aliphatic rings. The van der Waals surface area contributed by atoms with E-state index in [1.54, 1.807) is 4.68 Å². The number of benzene rings is 1. The van der Waals surface area contributed by atoms with Gasteiger partial charge in [0.1, 0.15) is 17.5 Å². The van der Waals surface area contributed by atoms with Crippen molar-refractivity contribution in [3.8, 4) is 11.8 Å². The van der Waals surface area contributed by atoms with E-state index in [2.05, 4.69) is 52.0 Å². The molecule has 3 N–H and O–H groups in total. The minimum Gasteiger partial charge on any atom is -0.382 e. The molecule has 0 radical (unpaired) electrons. The number of anilines is 1. The molecule has 0 spiro atoms. The molecule has 1 aromatic heterocycles. The number of hydrogen-bond acceptors (Lipinski definition) is 5. The van der Waals surface area contributed by atoms with Gasteiger partial charge in [0.05, 0.1) is 11.4 Å². The maximum absolute atomic E-state index is 9.60. The van der Waals surface area contributed by atoms with Gasteiger partial charge in [-0.3, -0.25) is 4.99 Å². The van der Waals surface area contributed by atoms with Crippen molar-refractivity contribution >= 4 is 47.5 Å². The van der Waals surface area contributed by atoms with E-state index in [1.807, 2.05) is 38.2 Å². The highest BCUT2D eigenvalue weighted by molar-refractivity contribution is 14.0. The van der Waals surface area contributed by atoms with E-state index in [0.717, 1.165) is 49.1 Å². The Morgan fingerprint density at radius 1 is 1.38 bits per heavy atom. The Morgan fingerprint density at radius 3 is 2.72 bits per heavy atom. The Kier molecular flexibility index (Phi) is 10.2. The molecule has 1 unspecified atom stereocenters. The monoisotopic (exact) mass is 567 g/mol. The Labute approximate surface area is 212 Å². The largest absolute Gasteiger partial charge is 0.382 e. The van der Waals surface area contributed by atoms with Crippen LogP contribution >= 0.6 is 35.7 Å². The smallest absolute Gasteiger partial charge is 0.193 e. The summed E-state index contributed by atoms with van der Waals surface area (Å²) in [5, 5.41) is 18.4. The lowest BCUT2D eigenvalue weighted by Crippen LogP contribution is -2.49. The van der Waals surface area contributed by atoms with Crippen LogP contribution in [0.3, 0.4) is 0 Å². The molecule has 0 amide bonds. The number of thioether (sulfide) groups is 1. The maximum Gasteiger partial charge on any atom is 0.193 e. The number of hydrogen-bond donors (Lipinski definition) is 2. The number of halogens is 1. The van der Waals surface area contributed by atoms with E-state index in [1.165, 1.54) is 5.56 Å². The fourth-order valence-corrected chi connectivity index (χ4v) is 5.02. The van der Waals surface area contributed by atoms with Crippen LogP contribution in [-0.4, -0.2) is 58.3 Å². The lowest BCUT2D eigenvalue weighted by Gasteiger charge is -2.36. The summed E-state index contributed by atoms with van der Waals surface area (Å²) in [5.41, 5.74) is 9.48. The highest BCUT2D eigenvalue weighted by Gasteiger charge is 2.24. The first kappa shape index (κ1) is 26.3. The van der Waals surface area contributed by atoms with E-state index in [-0.39, 0.29) is 24.0 Å². The van der Waals surface area contributed by atoms with E-state index >= 15 is 0 Å². The van der Waals surface area contributed by atoms with Gasteiger partial charge >= 0.3 is 0 Å². The van der Waals surface area contributed by atoms with Gasteiger partial charge in [-0.15, -0.1) is 24.0 Å². The van der Waals surface area contributed by atoms with Crippen molar-refractivity contribution in [2.75, 3.05) is 38.2 Å². The van der Waals surface area contributed by atoms with Gasteiger partial charge in [-0.1, -0.05) is 31.5 Å². The molecule has 2 heterocycles. The van der Waals surface area contributed by atoms with Crippen molar-refractivity contribution in [3.63, 3.8) is 0 Å². The lowest BCUT2D eigenvalue weighted by molar-refractivity contribution is 0.380. The molecule has 32 heavy (non-hydrogen) atoms. The van der Waals surface area contributed by atoms with Gasteiger partial charge in [0.2, 0.25) is 0 Å². The van der Waals surface area contributed by atoms with Gasteiger partial charge in [-0.25, -0.2) is 4.68 Å². The number of guanidine groups is 1. The standard InChI is InChI=1S/C23H33N7S.HI/c1-16(2)21-15-29(12-13-31-21)23(26-4)27-11-5-6-20-19(14-24)22(25)30(28-20)18-9-7-17(3)8-10-18;/h7-10,16,21H,5-6,11-13,15,25H2,1-4H3,(H,26,27);1H. The topological polar surface area (TPSA) is 95.3 Å². The Bertz CT molecular complexity index is 946. The number of aromatic nitrogens is 2. The van der Waals surface area contributed by atoms with Crippen molar-refractivity contribution in [1.29, 1.82) is 5.26 Å². The minimum absolute atomic E-state index is 0. The van der Waals surface area contributed by atoms with Crippen LogP contribution in [0.15, 0.2) is 29.3 Å². The molecule has 3 rings (SSSR count). The summed E-state index contributed by atoms with van der Waals surface area (Å²) >= 11 is 2.06. The number of rotatable bonds is 6. The first-order valence-corrected chi connectivity index (χ1v) is 11.9. The molecule has 1 fully saturated rings. The van der Waals surface area contributed by atoms with E-state index in [4.69, 9.17) is 5.73 Å². The highest BCUT2D eigenvalue weighted by Crippen LogP contribution is 2.25. The molecule has 174 valence electrons. The predicted octanol–water partition coefficient (Wildman–Crippen LogP) is 3.83. The molecule has 1 aliphatic heterocycles. The maximum atomic E-state index is 9.60. The second kappa shape index (κ2) is 12.3. The molecule has 1 aromatic carbocycles. The average Bonchev–Trinajstić information content (AvgIpc) is 3.09. The molecule has 1 atom stereocenters. The van der Waals surface area contributed by atoms with Crippen molar-refractivity contribution in [3.05, 3.63) is 41.1 Å². The van der Waals surface area contributed by atoms with Crippen LogP contribution in [0, 0.1) is 24.2 Å². The van der Waals surface area contributed by atoms with Crippen LogP contribution in [0.2, 0.25) is 0 Å². The molecular formula is C23H34IN7S. The lowest BCUT2D eigenvalue weighted by atomic mass is 10.1. The van der Waals surface area contributed by atoms with Gasteiger partial charge in [0, 0.05) is 37.7 Å². The molecule has 0 bridgehead atoms. The van der Waals surface area contributed by atoms with Crippen molar-refractivity contribution in [1.82, 2.24) is 20.0 Å². The Hall–Kier alpha value is -1.93. The second-order valence-corrected chi connectivity index (χ2v) is 9.59. The van der Waals surface area contributed by atoms with Crippen LogP contribution in [0.25, 0.3) is 5.69 Å². The van der Waals surface area contributed by atoms with Crippen molar-refractivity contribution in [2.24, 2.45) is 10.9 Å². The number of aryl methyl sites for hydroxylation is 2. The van der Waals surface area contributed by atoms with Crippen LogP contribution < -0.4 is 11.1 Å². The molecule has 9 heteroatoms. The van der Waals surface area contributed by atoms with Crippen LogP contribution in [0.5, 0.6) is 0 Å². The van der Waals surface area contributed by atoms with Crippen molar-refractivity contribution in [2.45, 2.75) is 38.9 Å². The molecule has 0 saturated carbocycles. The number of nitrogens with zero attached hydrogens (tertiary/aromatic N) is 5. The van der Waals surface area contributed by atoms with E-state index in [0.29, 0.717) is 29.0 Å². The number of nitriles is 1. The number of nitrogen functional groups attached to an aromatic ring is 1.